The van der Waals surface area contributed by atoms with Gasteiger partial charge in [-0.15, -0.1) is 0 Å². The number of amides is 2. The van der Waals surface area contributed by atoms with Crippen LogP contribution in [0.5, 0.6) is 0 Å². The zero-order valence-corrected chi connectivity index (χ0v) is 14.4. The van der Waals surface area contributed by atoms with E-state index in [-0.39, 0.29) is 25.5 Å². The highest BCUT2D eigenvalue weighted by Crippen LogP contribution is 2.21. The summed E-state index contributed by atoms with van der Waals surface area (Å²) in [7, 11) is 0. The molecule has 136 valence electrons. The van der Waals surface area contributed by atoms with Gasteiger partial charge >= 0.3 is 5.97 Å². The Balaban J connectivity index is 1.47. The third-order valence-corrected chi connectivity index (χ3v) is 4.24. The Bertz CT molecular complexity index is 800. The lowest BCUT2D eigenvalue weighted by atomic mass is 10.1. The summed E-state index contributed by atoms with van der Waals surface area (Å²) < 4.78 is 10.3. The lowest BCUT2D eigenvalue weighted by Crippen LogP contribution is -2.28. The summed E-state index contributed by atoms with van der Waals surface area (Å²) in [5.41, 5.74) is 1.59. The number of anilines is 1. The van der Waals surface area contributed by atoms with Gasteiger partial charge in [0.15, 0.2) is 6.61 Å². The van der Waals surface area contributed by atoms with Crippen LogP contribution in [0.2, 0.25) is 0 Å². The maximum absolute atomic E-state index is 12.2. The monoisotopic (exact) mass is 356 g/mol. The number of hydrogen-bond donors (Lipinski definition) is 1. The zero-order valence-electron chi connectivity index (χ0n) is 14.4. The largest absolute Gasteiger partial charge is 0.467 e. The summed E-state index contributed by atoms with van der Waals surface area (Å²) in [6, 6.07) is 10.9. The number of nitrogens with one attached hydrogen (secondary N) is 1. The van der Waals surface area contributed by atoms with Gasteiger partial charge in [-0.2, -0.15) is 0 Å². The topological polar surface area (TPSA) is 88.8 Å². The van der Waals surface area contributed by atoms with Gasteiger partial charge in [-0.3, -0.25) is 14.4 Å². The minimum Gasteiger partial charge on any atom is -0.467 e. The fraction of sp³-hybridized carbons (Fsp3) is 0.316. The first kappa shape index (κ1) is 17.7. The highest BCUT2D eigenvalue weighted by Gasteiger charge is 2.35. The molecule has 0 saturated carbocycles. The molecule has 0 aliphatic carbocycles. The summed E-state index contributed by atoms with van der Waals surface area (Å²) in [5, 5.41) is 2.70. The number of esters is 1. The quantitative estimate of drug-likeness (QED) is 0.801. The minimum absolute atomic E-state index is 0.0823. The molecule has 0 bridgehead atoms. The number of hydrogen-bond acceptors (Lipinski definition) is 5. The van der Waals surface area contributed by atoms with Crippen molar-refractivity contribution in [2.45, 2.75) is 19.9 Å². The normalized spacial score (nSPS) is 16.6. The van der Waals surface area contributed by atoms with Crippen molar-refractivity contribution < 1.29 is 23.5 Å². The van der Waals surface area contributed by atoms with Crippen LogP contribution < -0.4 is 5.32 Å². The van der Waals surface area contributed by atoms with Gasteiger partial charge in [0, 0.05) is 18.7 Å². The van der Waals surface area contributed by atoms with Gasteiger partial charge < -0.3 is 19.4 Å². The Kier molecular flexibility index (Phi) is 5.36. The number of aryl methyl sites for hydroxylation is 1. The van der Waals surface area contributed by atoms with Crippen molar-refractivity contribution >= 4 is 23.5 Å². The van der Waals surface area contributed by atoms with Crippen LogP contribution in [0.1, 0.15) is 17.7 Å². The van der Waals surface area contributed by atoms with Crippen LogP contribution in [0.3, 0.4) is 0 Å². The van der Waals surface area contributed by atoms with Gasteiger partial charge in [0.1, 0.15) is 5.76 Å². The van der Waals surface area contributed by atoms with Crippen LogP contribution in [0.25, 0.3) is 0 Å². The number of rotatable bonds is 6. The zero-order chi connectivity index (χ0) is 18.5. The number of para-hydroxylation sites is 1. The van der Waals surface area contributed by atoms with Crippen LogP contribution in [-0.4, -0.2) is 35.8 Å². The van der Waals surface area contributed by atoms with Gasteiger partial charge in [-0.05, 0) is 30.7 Å². The second-order valence-electron chi connectivity index (χ2n) is 6.23. The average Bonchev–Trinajstić information content (AvgIpc) is 3.25. The van der Waals surface area contributed by atoms with Crippen LogP contribution in [0, 0.1) is 12.8 Å². The SMILES string of the molecule is Cc1ccccc1NC(=O)COC(=O)[C@H]1CC(=O)N(Cc2ccco2)C1. The predicted molar refractivity (Wildman–Crippen MR) is 93.0 cm³/mol. The second-order valence-corrected chi connectivity index (χ2v) is 6.23. The number of nitrogens with zero attached hydrogens (tertiary/aromatic N) is 1. The number of carbonyl (C=O) groups excluding carboxylic acids is 3. The summed E-state index contributed by atoms with van der Waals surface area (Å²) in [5.74, 6) is -0.994. The summed E-state index contributed by atoms with van der Waals surface area (Å²) >= 11 is 0. The first-order valence-corrected chi connectivity index (χ1v) is 8.35. The number of furan rings is 1. The molecule has 1 fully saturated rings. The van der Waals surface area contributed by atoms with E-state index in [9.17, 15) is 14.4 Å². The molecule has 1 N–H and O–H groups in total. The molecule has 1 aliphatic heterocycles. The Hall–Kier alpha value is -3.09. The van der Waals surface area contributed by atoms with Gasteiger partial charge in [-0.25, -0.2) is 0 Å². The fourth-order valence-electron chi connectivity index (χ4n) is 2.83. The molecule has 1 aromatic carbocycles. The number of benzene rings is 1. The van der Waals surface area contributed by atoms with E-state index < -0.39 is 17.8 Å². The molecule has 7 heteroatoms. The minimum atomic E-state index is -0.566. The Labute approximate surface area is 150 Å². The lowest BCUT2D eigenvalue weighted by Gasteiger charge is -2.14. The Morgan fingerprint density at radius 3 is 2.81 bits per heavy atom. The smallest absolute Gasteiger partial charge is 0.311 e. The molecule has 0 radical (unpaired) electrons. The molecular formula is C19H20N2O5. The molecule has 1 aromatic heterocycles. The van der Waals surface area contributed by atoms with Crippen molar-refractivity contribution in [3.8, 4) is 0 Å². The van der Waals surface area contributed by atoms with Gasteiger partial charge in [0.2, 0.25) is 5.91 Å². The van der Waals surface area contributed by atoms with Crippen molar-refractivity contribution in [1.82, 2.24) is 4.90 Å². The standard InChI is InChI=1S/C19H20N2O5/c1-13-5-2-3-7-16(13)20-17(22)12-26-19(24)14-9-18(23)21(10-14)11-15-6-4-8-25-15/h2-8,14H,9-12H2,1H3,(H,20,22)/t14-/m0/s1. The molecule has 26 heavy (non-hydrogen) atoms. The van der Waals surface area contributed by atoms with Gasteiger partial charge in [0.25, 0.3) is 5.91 Å². The first-order valence-electron chi connectivity index (χ1n) is 8.35. The molecule has 2 heterocycles. The molecule has 1 atom stereocenters. The predicted octanol–water partition coefficient (Wildman–Crippen LogP) is 2.12. The molecule has 7 nitrogen and oxygen atoms in total. The Morgan fingerprint density at radius 1 is 1.27 bits per heavy atom. The van der Waals surface area contributed by atoms with Gasteiger partial charge in [-0.1, -0.05) is 18.2 Å². The lowest BCUT2D eigenvalue weighted by molar-refractivity contribution is -0.151. The molecule has 2 aromatic rings. The maximum Gasteiger partial charge on any atom is 0.311 e. The average molecular weight is 356 g/mol. The number of carbonyl (C=O) groups is 3. The molecule has 3 rings (SSSR count). The van der Waals surface area contributed by atoms with Crippen molar-refractivity contribution in [3.63, 3.8) is 0 Å². The van der Waals surface area contributed by atoms with E-state index in [0.29, 0.717) is 18.0 Å². The molecule has 1 saturated heterocycles. The van der Waals surface area contributed by atoms with E-state index in [1.54, 1.807) is 23.1 Å². The van der Waals surface area contributed by atoms with Crippen LogP contribution in [-0.2, 0) is 25.7 Å². The van der Waals surface area contributed by atoms with E-state index in [4.69, 9.17) is 9.15 Å². The van der Waals surface area contributed by atoms with Crippen LogP contribution in [0.15, 0.2) is 47.1 Å². The van der Waals surface area contributed by atoms with Crippen LogP contribution in [0.4, 0.5) is 5.69 Å². The van der Waals surface area contributed by atoms with Crippen molar-refractivity contribution in [1.29, 1.82) is 0 Å². The van der Waals surface area contributed by atoms with E-state index in [1.807, 2.05) is 25.1 Å². The van der Waals surface area contributed by atoms with E-state index in [1.165, 1.54) is 6.26 Å². The highest BCUT2D eigenvalue weighted by molar-refractivity contribution is 5.94. The van der Waals surface area contributed by atoms with E-state index >= 15 is 0 Å². The summed E-state index contributed by atoms with van der Waals surface area (Å²) in [6.45, 7) is 2.08. The molecule has 2 amide bonds. The van der Waals surface area contributed by atoms with E-state index in [0.717, 1.165) is 5.56 Å². The molecule has 0 spiro atoms. The molecule has 0 unspecified atom stereocenters. The first-order chi connectivity index (χ1) is 12.5. The second kappa shape index (κ2) is 7.86. The summed E-state index contributed by atoms with van der Waals surface area (Å²) in [4.78, 5) is 37.7. The number of likely N-dealkylation sites (tertiary alicyclic amines) is 1. The third-order valence-electron chi connectivity index (χ3n) is 4.24. The third kappa shape index (κ3) is 4.30. The fourth-order valence-corrected chi connectivity index (χ4v) is 2.83. The van der Waals surface area contributed by atoms with Crippen molar-refractivity contribution in [2.24, 2.45) is 5.92 Å². The maximum atomic E-state index is 12.2. The van der Waals surface area contributed by atoms with E-state index in [2.05, 4.69) is 5.32 Å². The van der Waals surface area contributed by atoms with Crippen molar-refractivity contribution in [2.75, 3.05) is 18.5 Å². The Morgan fingerprint density at radius 2 is 2.08 bits per heavy atom. The van der Waals surface area contributed by atoms with Crippen molar-refractivity contribution in [3.05, 3.63) is 54.0 Å². The number of ether oxygens (including phenoxy) is 1. The molecular weight excluding hydrogens is 336 g/mol. The van der Waals surface area contributed by atoms with Gasteiger partial charge in [0.05, 0.1) is 18.7 Å². The highest BCUT2D eigenvalue weighted by atomic mass is 16.5. The summed E-state index contributed by atoms with van der Waals surface area (Å²) in [6.07, 6.45) is 1.62. The van der Waals surface area contributed by atoms with Crippen LogP contribution >= 0.6 is 0 Å². The molecule has 1 aliphatic rings.